The van der Waals surface area contributed by atoms with E-state index in [1.165, 1.54) is 4.88 Å². The molecule has 3 N–H and O–H groups in total. The van der Waals surface area contributed by atoms with Crippen molar-refractivity contribution in [1.82, 2.24) is 0 Å². The summed E-state index contributed by atoms with van der Waals surface area (Å²) in [6.45, 7) is 0.849. The van der Waals surface area contributed by atoms with Gasteiger partial charge in [-0.05, 0) is 52.7 Å². The van der Waals surface area contributed by atoms with Crippen LogP contribution in [0.25, 0.3) is 0 Å². The van der Waals surface area contributed by atoms with Crippen molar-refractivity contribution in [2.45, 2.75) is 6.42 Å². The minimum absolute atomic E-state index is 0.403. The second kappa shape index (κ2) is 6.70. The smallest absolute Gasteiger partial charge is 0.104 e. The van der Waals surface area contributed by atoms with Crippen molar-refractivity contribution in [3.63, 3.8) is 0 Å². The van der Waals surface area contributed by atoms with E-state index in [0.717, 1.165) is 33.0 Å². The Bertz CT molecular complexity index is 598. The fraction of sp³-hybridized carbons (Fsp3) is 0.154. The molecule has 0 unspecified atom stereocenters. The van der Waals surface area contributed by atoms with Gasteiger partial charge in [-0.25, -0.2) is 0 Å². The lowest BCUT2D eigenvalue weighted by Gasteiger charge is -2.09. The maximum Gasteiger partial charge on any atom is 0.104 e. The number of nitrogens with one attached hydrogen (secondary N) is 1. The highest BCUT2D eigenvalue weighted by atomic mass is 79.9. The first-order chi connectivity index (χ1) is 9.06. The number of anilines is 1. The lowest BCUT2D eigenvalue weighted by Crippen LogP contribution is -2.10. The fourth-order valence-corrected chi connectivity index (χ4v) is 3.35. The van der Waals surface area contributed by atoms with Crippen LogP contribution in [0.1, 0.15) is 10.4 Å². The molecule has 0 atom stereocenters. The molecule has 0 aliphatic rings. The Morgan fingerprint density at radius 2 is 2.16 bits per heavy atom. The van der Waals surface area contributed by atoms with Gasteiger partial charge in [-0.15, -0.1) is 11.3 Å². The third kappa shape index (κ3) is 4.18. The molecule has 0 saturated heterocycles. The molecule has 2 nitrogen and oxygen atoms in total. The van der Waals surface area contributed by atoms with Gasteiger partial charge in [-0.1, -0.05) is 23.8 Å². The van der Waals surface area contributed by atoms with E-state index < -0.39 is 0 Å². The average Bonchev–Trinajstić information content (AvgIpc) is 2.77. The molecule has 100 valence electrons. The molecule has 19 heavy (non-hydrogen) atoms. The van der Waals surface area contributed by atoms with Crippen LogP contribution in [-0.2, 0) is 6.42 Å². The van der Waals surface area contributed by atoms with E-state index in [4.69, 9.17) is 29.6 Å². The molecule has 0 fully saturated rings. The molecule has 1 aromatic carbocycles. The van der Waals surface area contributed by atoms with Crippen molar-refractivity contribution < 1.29 is 0 Å². The number of nitrogens with two attached hydrogens (primary N) is 1. The van der Waals surface area contributed by atoms with Crippen LogP contribution in [0, 0.1) is 0 Å². The molecule has 0 spiro atoms. The first kappa shape index (κ1) is 14.8. The summed E-state index contributed by atoms with van der Waals surface area (Å²) in [5, 5.41) is 3.37. The van der Waals surface area contributed by atoms with Gasteiger partial charge in [0.05, 0.1) is 4.34 Å². The molecule has 6 heteroatoms. The summed E-state index contributed by atoms with van der Waals surface area (Å²) in [4.78, 5) is 1.67. The standard InChI is InChI=1S/C13H12BrClN2S2/c14-10-7-8(13(16)18)1-3-11(10)17-6-5-9-2-4-12(15)19-9/h1-4,7,17H,5-6H2,(H2,16,18). The molecule has 1 aromatic heterocycles. The van der Waals surface area contributed by atoms with Crippen LogP contribution in [0.2, 0.25) is 4.34 Å². The second-order valence-corrected chi connectivity index (χ2v) is 7.04. The van der Waals surface area contributed by atoms with E-state index in [-0.39, 0.29) is 0 Å². The van der Waals surface area contributed by atoms with E-state index in [9.17, 15) is 0 Å². The van der Waals surface area contributed by atoms with E-state index in [0.29, 0.717) is 4.99 Å². The van der Waals surface area contributed by atoms with E-state index in [2.05, 4.69) is 27.3 Å². The molecule has 0 aliphatic heterocycles. The van der Waals surface area contributed by atoms with Crippen LogP contribution < -0.4 is 11.1 Å². The molecule has 0 amide bonds. The fourth-order valence-electron chi connectivity index (χ4n) is 1.62. The Hall–Kier alpha value is -0.620. The highest BCUT2D eigenvalue weighted by Crippen LogP contribution is 2.25. The van der Waals surface area contributed by atoms with Crippen LogP contribution in [0.15, 0.2) is 34.8 Å². The third-order valence-electron chi connectivity index (χ3n) is 2.57. The topological polar surface area (TPSA) is 38.0 Å². The first-order valence-corrected chi connectivity index (χ1v) is 8.03. The minimum atomic E-state index is 0.403. The molecule has 2 aromatic rings. The predicted molar refractivity (Wildman–Crippen MR) is 91.6 cm³/mol. The van der Waals surface area contributed by atoms with Crippen LogP contribution in [0.3, 0.4) is 0 Å². The molecule has 2 rings (SSSR count). The maximum atomic E-state index is 5.90. The second-order valence-electron chi connectivity index (χ2n) is 3.94. The van der Waals surface area contributed by atoms with Gasteiger partial charge >= 0.3 is 0 Å². The lowest BCUT2D eigenvalue weighted by atomic mass is 10.2. The molecule has 1 heterocycles. The number of hydrogen-bond donors (Lipinski definition) is 2. The number of halogens is 2. The number of rotatable bonds is 5. The summed E-state index contributed by atoms with van der Waals surface area (Å²) in [5.41, 5.74) is 7.48. The van der Waals surface area contributed by atoms with Crippen LogP contribution >= 0.6 is 51.1 Å². The summed E-state index contributed by atoms with van der Waals surface area (Å²) in [6, 6.07) is 9.79. The summed E-state index contributed by atoms with van der Waals surface area (Å²) >= 11 is 16.0. The van der Waals surface area contributed by atoms with Crippen molar-refractivity contribution in [1.29, 1.82) is 0 Å². The lowest BCUT2D eigenvalue weighted by molar-refractivity contribution is 1.04. The van der Waals surface area contributed by atoms with Crippen molar-refractivity contribution in [3.8, 4) is 0 Å². The van der Waals surface area contributed by atoms with Gasteiger partial charge in [0.1, 0.15) is 4.99 Å². The zero-order valence-corrected chi connectivity index (χ0v) is 13.9. The third-order valence-corrected chi connectivity index (χ3v) is 4.75. The molecular weight excluding hydrogens is 364 g/mol. The van der Waals surface area contributed by atoms with Crippen molar-refractivity contribution in [3.05, 3.63) is 49.6 Å². The molecule has 0 aliphatic carbocycles. The van der Waals surface area contributed by atoms with E-state index >= 15 is 0 Å². The Morgan fingerprint density at radius 1 is 1.37 bits per heavy atom. The Balaban J connectivity index is 1.94. The van der Waals surface area contributed by atoms with E-state index in [1.807, 2.05) is 24.3 Å². The number of thiocarbonyl (C=S) groups is 1. The maximum absolute atomic E-state index is 5.90. The van der Waals surface area contributed by atoms with Gasteiger partial charge in [0, 0.05) is 27.1 Å². The number of benzene rings is 1. The Labute approximate surface area is 135 Å². The van der Waals surface area contributed by atoms with Crippen molar-refractivity contribution in [2.75, 3.05) is 11.9 Å². The van der Waals surface area contributed by atoms with Gasteiger partial charge in [0.25, 0.3) is 0 Å². The summed E-state index contributed by atoms with van der Waals surface area (Å²) < 4.78 is 1.79. The highest BCUT2D eigenvalue weighted by Gasteiger charge is 2.03. The molecular formula is C13H12BrClN2S2. The zero-order valence-electron chi connectivity index (χ0n) is 9.95. The zero-order chi connectivity index (χ0) is 13.8. The molecule has 0 saturated carbocycles. The van der Waals surface area contributed by atoms with Crippen molar-refractivity contribution >= 4 is 61.8 Å². The molecule has 0 bridgehead atoms. The van der Waals surface area contributed by atoms with E-state index in [1.54, 1.807) is 11.3 Å². The van der Waals surface area contributed by atoms with Gasteiger partial charge in [0.2, 0.25) is 0 Å². The number of hydrogen-bond acceptors (Lipinski definition) is 3. The van der Waals surface area contributed by atoms with Crippen LogP contribution in [-0.4, -0.2) is 11.5 Å². The SMILES string of the molecule is NC(=S)c1ccc(NCCc2ccc(Cl)s2)c(Br)c1. The summed E-state index contributed by atoms with van der Waals surface area (Å²) in [5.74, 6) is 0. The first-order valence-electron chi connectivity index (χ1n) is 5.63. The van der Waals surface area contributed by atoms with Gasteiger partial charge in [0.15, 0.2) is 0 Å². The van der Waals surface area contributed by atoms with Gasteiger partial charge in [-0.3, -0.25) is 0 Å². The normalized spacial score (nSPS) is 10.4. The van der Waals surface area contributed by atoms with Crippen molar-refractivity contribution in [2.24, 2.45) is 5.73 Å². The van der Waals surface area contributed by atoms with Crippen LogP contribution in [0.4, 0.5) is 5.69 Å². The van der Waals surface area contributed by atoms with Gasteiger partial charge in [-0.2, -0.15) is 0 Å². The van der Waals surface area contributed by atoms with Crippen LogP contribution in [0.5, 0.6) is 0 Å². The Morgan fingerprint density at radius 3 is 2.74 bits per heavy atom. The largest absolute Gasteiger partial charge is 0.389 e. The number of thiophene rings is 1. The minimum Gasteiger partial charge on any atom is -0.389 e. The van der Waals surface area contributed by atoms with Gasteiger partial charge < -0.3 is 11.1 Å². The average molecular weight is 376 g/mol. The summed E-state index contributed by atoms with van der Waals surface area (Å²) in [6.07, 6.45) is 0.945. The highest BCUT2D eigenvalue weighted by molar-refractivity contribution is 9.10. The monoisotopic (exact) mass is 374 g/mol. The summed E-state index contributed by atoms with van der Waals surface area (Å²) in [7, 11) is 0. The predicted octanol–water partition coefficient (Wildman–Crippen LogP) is 4.45. The molecule has 0 radical (unpaired) electrons. The quantitative estimate of drug-likeness (QED) is 0.758. The Kier molecular flexibility index (Phi) is 5.21.